The van der Waals surface area contributed by atoms with Gasteiger partial charge in [0, 0.05) is 6.42 Å². The third kappa shape index (κ3) is 14.4. The van der Waals surface area contributed by atoms with E-state index in [2.05, 4.69) is 6.92 Å². The molecule has 0 aliphatic heterocycles. The predicted octanol–water partition coefficient (Wildman–Crippen LogP) is 3.02. The molecule has 3 atom stereocenters. The molecule has 0 fully saturated rings. The van der Waals surface area contributed by atoms with Gasteiger partial charge in [-0.1, -0.05) is 64.0 Å². The number of aliphatic hydroxyl groups is 3. The standard InChI is InChI=1S/C18H34O5/c1-2-3-7-10-15(19)13-14-17(21)16(20)11-8-5-4-6-9-12-18(22)23/h13-17,19-21H,2-12H2,1H3,(H,22,23)/b14-13+/t15-,16-,17-/m0/s1. The molecule has 0 amide bonds. The van der Waals surface area contributed by atoms with Crippen molar-refractivity contribution >= 4 is 5.97 Å². The van der Waals surface area contributed by atoms with Crippen molar-refractivity contribution in [2.24, 2.45) is 0 Å². The third-order valence-electron chi connectivity index (χ3n) is 3.92. The maximum absolute atomic E-state index is 10.4. The Balaban J connectivity index is 3.68. The summed E-state index contributed by atoms with van der Waals surface area (Å²) >= 11 is 0. The van der Waals surface area contributed by atoms with Crippen molar-refractivity contribution in [2.45, 2.75) is 95.9 Å². The molecule has 0 aliphatic rings. The molecule has 0 unspecified atom stereocenters. The van der Waals surface area contributed by atoms with Gasteiger partial charge in [0.05, 0.1) is 18.3 Å². The average molecular weight is 330 g/mol. The molecule has 0 aromatic heterocycles. The first-order valence-electron chi connectivity index (χ1n) is 8.91. The summed E-state index contributed by atoms with van der Waals surface area (Å²) in [6.07, 6.45) is 9.55. The summed E-state index contributed by atoms with van der Waals surface area (Å²) in [6.45, 7) is 2.11. The van der Waals surface area contributed by atoms with Crippen LogP contribution in [0.1, 0.15) is 77.6 Å². The van der Waals surface area contributed by atoms with Crippen molar-refractivity contribution in [3.8, 4) is 0 Å². The quantitative estimate of drug-likeness (QED) is 0.273. The molecule has 0 aromatic carbocycles. The Morgan fingerprint density at radius 3 is 2.13 bits per heavy atom. The number of carbonyl (C=O) groups is 1. The highest BCUT2D eigenvalue weighted by Crippen LogP contribution is 2.12. The van der Waals surface area contributed by atoms with E-state index in [9.17, 15) is 20.1 Å². The second-order valence-electron chi connectivity index (χ2n) is 6.21. The summed E-state index contributed by atoms with van der Waals surface area (Å²) in [7, 11) is 0. The Hall–Kier alpha value is -0.910. The van der Waals surface area contributed by atoms with Gasteiger partial charge in [0.2, 0.25) is 0 Å². The van der Waals surface area contributed by atoms with Crippen LogP contribution in [-0.4, -0.2) is 44.7 Å². The second kappa shape index (κ2) is 14.7. The summed E-state index contributed by atoms with van der Waals surface area (Å²) in [5.74, 6) is -0.757. The normalized spacial score (nSPS) is 15.7. The van der Waals surface area contributed by atoms with E-state index in [1.807, 2.05) is 0 Å². The van der Waals surface area contributed by atoms with Gasteiger partial charge in [-0.15, -0.1) is 0 Å². The Morgan fingerprint density at radius 2 is 1.48 bits per heavy atom. The van der Waals surface area contributed by atoms with Crippen LogP contribution in [0.2, 0.25) is 0 Å². The van der Waals surface area contributed by atoms with Gasteiger partial charge in [0.1, 0.15) is 0 Å². The van der Waals surface area contributed by atoms with E-state index < -0.39 is 24.3 Å². The number of aliphatic hydroxyl groups excluding tert-OH is 3. The molecule has 0 saturated heterocycles. The number of carboxylic acid groups (broad SMARTS) is 1. The number of carboxylic acids is 1. The lowest BCUT2D eigenvalue weighted by molar-refractivity contribution is -0.137. The van der Waals surface area contributed by atoms with Crippen LogP contribution in [0.25, 0.3) is 0 Å². The molecule has 23 heavy (non-hydrogen) atoms. The maximum atomic E-state index is 10.4. The van der Waals surface area contributed by atoms with E-state index in [0.29, 0.717) is 19.3 Å². The van der Waals surface area contributed by atoms with Crippen LogP contribution in [0.15, 0.2) is 12.2 Å². The zero-order chi connectivity index (χ0) is 17.5. The van der Waals surface area contributed by atoms with Gasteiger partial charge in [-0.3, -0.25) is 4.79 Å². The lowest BCUT2D eigenvalue weighted by Gasteiger charge is -2.15. The van der Waals surface area contributed by atoms with Crippen LogP contribution in [0.5, 0.6) is 0 Å². The first-order valence-corrected chi connectivity index (χ1v) is 8.91. The molecule has 136 valence electrons. The van der Waals surface area contributed by atoms with Crippen molar-refractivity contribution in [3.05, 3.63) is 12.2 Å². The predicted molar refractivity (Wildman–Crippen MR) is 91.3 cm³/mol. The number of hydrogen-bond donors (Lipinski definition) is 4. The second-order valence-corrected chi connectivity index (χ2v) is 6.21. The van der Waals surface area contributed by atoms with Gasteiger partial charge >= 0.3 is 5.97 Å². The summed E-state index contributed by atoms with van der Waals surface area (Å²) in [5.41, 5.74) is 0. The fourth-order valence-electron chi connectivity index (χ4n) is 2.40. The van der Waals surface area contributed by atoms with Crippen LogP contribution in [-0.2, 0) is 4.79 Å². The maximum Gasteiger partial charge on any atom is 0.303 e. The number of rotatable bonds is 15. The van der Waals surface area contributed by atoms with Gasteiger partial charge in [0.25, 0.3) is 0 Å². The Bertz CT molecular complexity index is 317. The average Bonchev–Trinajstić information content (AvgIpc) is 2.51. The molecule has 0 aromatic rings. The van der Waals surface area contributed by atoms with Crippen LogP contribution >= 0.6 is 0 Å². The van der Waals surface area contributed by atoms with Crippen LogP contribution in [0, 0.1) is 0 Å². The van der Waals surface area contributed by atoms with Crippen molar-refractivity contribution in [2.75, 3.05) is 0 Å². The minimum absolute atomic E-state index is 0.215. The first kappa shape index (κ1) is 22.1. The van der Waals surface area contributed by atoms with Crippen LogP contribution in [0.3, 0.4) is 0 Å². The lowest BCUT2D eigenvalue weighted by Crippen LogP contribution is -2.24. The van der Waals surface area contributed by atoms with Crippen LogP contribution < -0.4 is 0 Å². The number of unbranched alkanes of at least 4 members (excludes halogenated alkanes) is 6. The molecular formula is C18H34O5. The minimum Gasteiger partial charge on any atom is -0.481 e. The lowest BCUT2D eigenvalue weighted by atomic mass is 10.0. The van der Waals surface area contributed by atoms with E-state index in [1.54, 1.807) is 6.08 Å². The zero-order valence-electron chi connectivity index (χ0n) is 14.4. The molecule has 5 nitrogen and oxygen atoms in total. The highest BCUT2D eigenvalue weighted by molar-refractivity contribution is 5.66. The SMILES string of the molecule is CCCCC[C@H](O)/C=C/[C@H](O)[C@@H](O)CCCCCCCC(=O)O. The van der Waals surface area contributed by atoms with Gasteiger partial charge in [-0.25, -0.2) is 0 Å². The van der Waals surface area contributed by atoms with Crippen molar-refractivity contribution in [3.63, 3.8) is 0 Å². The molecular weight excluding hydrogens is 296 g/mol. The zero-order valence-corrected chi connectivity index (χ0v) is 14.4. The van der Waals surface area contributed by atoms with Gasteiger partial charge in [-0.05, 0) is 19.3 Å². The molecule has 0 saturated carbocycles. The molecule has 0 spiro atoms. The fourth-order valence-corrected chi connectivity index (χ4v) is 2.40. The monoisotopic (exact) mass is 330 g/mol. The van der Waals surface area contributed by atoms with Crippen molar-refractivity contribution in [1.82, 2.24) is 0 Å². The number of hydrogen-bond acceptors (Lipinski definition) is 4. The Kier molecular flexibility index (Phi) is 14.1. The highest BCUT2D eigenvalue weighted by atomic mass is 16.4. The largest absolute Gasteiger partial charge is 0.481 e. The minimum atomic E-state index is -0.942. The Morgan fingerprint density at radius 1 is 0.870 bits per heavy atom. The topological polar surface area (TPSA) is 98.0 Å². The van der Waals surface area contributed by atoms with E-state index >= 15 is 0 Å². The van der Waals surface area contributed by atoms with Gasteiger partial charge in [-0.2, -0.15) is 0 Å². The molecule has 5 heteroatoms. The smallest absolute Gasteiger partial charge is 0.303 e. The summed E-state index contributed by atoms with van der Waals surface area (Å²) in [4.78, 5) is 10.4. The molecule has 0 aliphatic carbocycles. The van der Waals surface area contributed by atoms with E-state index in [0.717, 1.165) is 44.9 Å². The van der Waals surface area contributed by atoms with Crippen molar-refractivity contribution < 1.29 is 25.2 Å². The summed E-state index contributed by atoms with van der Waals surface area (Å²) in [5, 5.41) is 37.9. The van der Waals surface area contributed by atoms with E-state index in [-0.39, 0.29) is 6.42 Å². The van der Waals surface area contributed by atoms with E-state index in [1.165, 1.54) is 6.08 Å². The van der Waals surface area contributed by atoms with Gasteiger partial charge in [0.15, 0.2) is 0 Å². The molecule has 4 N–H and O–H groups in total. The van der Waals surface area contributed by atoms with Crippen molar-refractivity contribution in [1.29, 1.82) is 0 Å². The highest BCUT2D eigenvalue weighted by Gasteiger charge is 2.13. The van der Waals surface area contributed by atoms with Crippen LogP contribution in [0.4, 0.5) is 0 Å². The summed E-state index contributed by atoms with van der Waals surface area (Å²) < 4.78 is 0. The Labute approximate surface area is 140 Å². The summed E-state index contributed by atoms with van der Waals surface area (Å²) in [6, 6.07) is 0. The first-order chi connectivity index (χ1) is 11.0. The molecule has 0 rings (SSSR count). The fraction of sp³-hybridized carbons (Fsp3) is 0.833. The molecule has 0 heterocycles. The van der Waals surface area contributed by atoms with E-state index in [4.69, 9.17) is 5.11 Å². The number of aliphatic carboxylic acids is 1. The third-order valence-corrected chi connectivity index (χ3v) is 3.92. The molecule has 0 bridgehead atoms. The van der Waals surface area contributed by atoms with Gasteiger partial charge < -0.3 is 20.4 Å². The molecule has 0 radical (unpaired) electrons.